The summed E-state index contributed by atoms with van der Waals surface area (Å²) in [6.45, 7) is 0.527. The lowest BCUT2D eigenvalue weighted by Crippen LogP contribution is -2.31. The first kappa shape index (κ1) is 21.8. The van der Waals surface area contributed by atoms with Crippen LogP contribution in [0.25, 0.3) is 5.76 Å². The van der Waals surface area contributed by atoms with Crippen molar-refractivity contribution >= 4 is 29.1 Å². The molecule has 1 unspecified atom stereocenters. The van der Waals surface area contributed by atoms with Crippen LogP contribution < -0.4 is 4.74 Å². The topological polar surface area (TPSA) is 76.1 Å². The minimum absolute atomic E-state index is 0.122. The normalized spacial score (nSPS) is 18.1. The minimum Gasteiger partial charge on any atom is -0.507 e. The van der Waals surface area contributed by atoms with Gasteiger partial charge in [-0.2, -0.15) is 0 Å². The first-order valence-corrected chi connectivity index (χ1v) is 9.64. The van der Waals surface area contributed by atoms with Crippen molar-refractivity contribution in [3.05, 3.63) is 70.0 Å². The molecular weight excluding hydrogens is 413 g/mol. The highest BCUT2D eigenvalue weighted by molar-refractivity contribution is 6.46. The Morgan fingerprint density at radius 3 is 2.60 bits per heavy atom. The van der Waals surface area contributed by atoms with Gasteiger partial charge in [-0.25, -0.2) is 4.39 Å². The van der Waals surface area contributed by atoms with E-state index < -0.39 is 29.3 Å². The SMILES string of the molecule is COCCCN1C(=O)C(=O)/C(=C(/O)c2ccc(Cl)c(OC)c2)C1c1ccccc1F. The Morgan fingerprint density at radius 2 is 1.93 bits per heavy atom. The van der Waals surface area contributed by atoms with Crippen molar-refractivity contribution < 1.29 is 28.6 Å². The summed E-state index contributed by atoms with van der Waals surface area (Å²) >= 11 is 6.04. The lowest BCUT2D eigenvalue weighted by Gasteiger charge is -2.25. The number of ketones is 1. The fourth-order valence-electron chi connectivity index (χ4n) is 3.47. The molecule has 1 atom stereocenters. The summed E-state index contributed by atoms with van der Waals surface area (Å²) < 4.78 is 24.8. The quantitative estimate of drug-likeness (QED) is 0.310. The van der Waals surface area contributed by atoms with Gasteiger partial charge in [0.2, 0.25) is 0 Å². The van der Waals surface area contributed by atoms with E-state index in [2.05, 4.69) is 0 Å². The van der Waals surface area contributed by atoms with Gasteiger partial charge in [-0.15, -0.1) is 0 Å². The number of carbonyl (C=O) groups excluding carboxylic acids is 2. The zero-order chi connectivity index (χ0) is 21.8. The average molecular weight is 434 g/mol. The van der Waals surface area contributed by atoms with E-state index in [1.54, 1.807) is 6.07 Å². The standard InChI is InChI=1S/C22H21ClFNO5/c1-29-11-5-10-25-19(14-6-3-4-7-16(14)24)18(21(27)22(25)28)20(26)13-8-9-15(23)17(12-13)30-2/h3-4,6-9,12,19,26H,5,10-11H2,1-2H3/b20-18+. The summed E-state index contributed by atoms with van der Waals surface area (Å²) in [6, 6.07) is 9.25. The van der Waals surface area contributed by atoms with Gasteiger partial charge in [-0.1, -0.05) is 29.8 Å². The number of carbonyl (C=O) groups is 2. The van der Waals surface area contributed by atoms with Crippen LogP contribution in [0.2, 0.25) is 5.02 Å². The molecule has 1 saturated heterocycles. The largest absolute Gasteiger partial charge is 0.507 e. The molecule has 1 fully saturated rings. The van der Waals surface area contributed by atoms with E-state index >= 15 is 0 Å². The second-order valence-electron chi connectivity index (χ2n) is 6.71. The van der Waals surface area contributed by atoms with Gasteiger partial charge in [-0.3, -0.25) is 9.59 Å². The smallest absolute Gasteiger partial charge is 0.295 e. The molecule has 1 amide bonds. The Kier molecular flexibility index (Phi) is 6.74. The maximum atomic E-state index is 14.7. The van der Waals surface area contributed by atoms with Crippen LogP contribution in [0.5, 0.6) is 5.75 Å². The van der Waals surface area contributed by atoms with Crippen molar-refractivity contribution in [2.24, 2.45) is 0 Å². The third kappa shape index (κ3) is 4.04. The monoisotopic (exact) mass is 433 g/mol. The number of rotatable bonds is 7. The maximum Gasteiger partial charge on any atom is 0.295 e. The zero-order valence-corrected chi connectivity index (χ0v) is 17.3. The van der Waals surface area contributed by atoms with Gasteiger partial charge in [0.15, 0.2) is 0 Å². The van der Waals surface area contributed by atoms with E-state index in [-0.39, 0.29) is 29.0 Å². The third-order valence-electron chi connectivity index (χ3n) is 4.91. The van der Waals surface area contributed by atoms with Gasteiger partial charge in [-0.05, 0) is 30.7 Å². The summed E-state index contributed by atoms with van der Waals surface area (Å²) in [5.74, 6) is -2.40. The molecule has 0 spiro atoms. The van der Waals surface area contributed by atoms with E-state index in [0.29, 0.717) is 18.1 Å². The molecular formula is C22H21ClFNO5. The number of hydrogen-bond donors (Lipinski definition) is 1. The van der Waals surface area contributed by atoms with Crippen LogP contribution in [-0.4, -0.2) is 49.1 Å². The first-order valence-electron chi connectivity index (χ1n) is 9.26. The molecule has 0 saturated carbocycles. The molecule has 1 heterocycles. The number of aliphatic hydroxyl groups is 1. The highest BCUT2D eigenvalue weighted by Crippen LogP contribution is 2.41. The third-order valence-corrected chi connectivity index (χ3v) is 5.22. The molecule has 158 valence electrons. The predicted molar refractivity (Wildman–Crippen MR) is 110 cm³/mol. The van der Waals surface area contributed by atoms with Gasteiger partial charge in [0, 0.05) is 31.4 Å². The molecule has 2 aromatic rings. The van der Waals surface area contributed by atoms with Gasteiger partial charge >= 0.3 is 0 Å². The Bertz CT molecular complexity index is 1010. The molecule has 30 heavy (non-hydrogen) atoms. The number of hydrogen-bond acceptors (Lipinski definition) is 5. The van der Waals surface area contributed by atoms with E-state index in [9.17, 15) is 19.1 Å². The molecule has 0 radical (unpaired) electrons. The van der Waals surface area contributed by atoms with Gasteiger partial charge in [0.1, 0.15) is 17.3 Å². The van der Waals surface area contributed by atoms with Crippen LogP contribution in [0.15, 0.2) is 48.0 Å². The summed E-state index contributed by atoms with van der Waals surface area (Å²) in [7, 11) is 2.94. The number of likely N-dealkylation sites (tertiary alicyclic amines) is 1. The van der Waals surface area contributed by atoms with Crippen LogP contribution >= 0.6 is 11.6 Å². The first-order chi connectivity index (χ1) is 14.4. The fraction of sp³-hybridized carbons (Fsp3) is 0.273. The number of nitrogens with zero attached hydrogens (tertiary/aromatic N) is 1. The van der Waals surface area contributed by atoms with E-state index in [1.165, 1.54) is 55.5 Å². The van der Waals surface area contributed by atoms with Crippen molar-refractivity contribution in [2.45, 2.75) is 12.5 Å². The van der Waals surface area contributed by atoms with Gasteiger partial charge < -0.3 is 19.5 Å². The van der Waals surface area contributed by atoms with Crippen molar-refractivity contribution in [2.75, 3.05) is 27.4 Å². The van der Waals surface area contributed by atoms with Crippen LogP contribution in [0.3, 0.4) is 0 Å². The Morgan fingerprint density at radius 1 is 1.20 bits per heavy atom. The molecule has 6 nitrogen and oxygen atoms in total. The van der Waals surface area contributed by atoms with E-state index in [0.717, 1.165) is 0 Å². The summed E-state index contributed by atoms with van der Waals surface area (Å²) in [5, 5.41) is 11.3. The molecule has 2 aromatic carbocycles. The maximum absolute atomic E-state index is 14.7. The highest BCUT2D eigenvalue weighted by atomic mass is 35.5. The van der Waals surface area contributed by atoms with Crippen LogP contribution in [0, 0.1) is 5.82 Å². The Hall–Kier alpha value is -2.90. The number of ether oxygens (including phenoxy) is 2. The fourth-order valence-corrected chi connectivity index (χ4v) is 3.67. The average Bonchev–Trinajstić information content (AvgIpc) is 2.99. The van der Waals surface area contributed by atoms with Crippen molar-refractivity contribution in [3.8, 4) is 5.75 Å². The summed E-state index contributed by atoms with van der Waals surface area (Å²) in [4.78, 5) is 26.9. The molecule has 0 aliphatic carbocycles. The molecule has 1 aliphatic rings. The molecule has 0 bridgehead atoms. The van der Waals surface area contributed by atoms with Crippen LogP contribution in [0.4, 0.5) is 4.39 Å². The molecule has 1 aliphatic heterocycles. The lowest BCUT2D eigenvalue weighted by molar-refractivity contribution is -0.140. The molecule has 8 heteroatoms. The highest BCUT2D eigenvalue weighted by Gasteiger charge is 2.46. The lowest BCUT2D eigenvalue weighted by atomic mass is 9.95. The van der Waals surface area contributed by atoms with Crippen molar-refractivity contribution in [1.82, 2.24) is 4.90 Å². The molecule has 3 rings (SSSR count). The number of halogens is 2. The summed E-state index contributed by atoms with van der Waals surface area (Å²) in [5.41, 5.74) is 0.163. The summed E-state index contributed by atoms with van der Waals surface area (Å²) in [6.07, 6.45) is 0.448. The number of aliphatic hydroxyl groups excluding tert-OH is 1. The number of amides is 1. The zero-order valence-electron chi connectivity index (χ0n) is 16.5. The van der Waals surface area contributed by atoms with Gasteiger partial charge in [0.05, 0.1) is 23.7 Å². The van der Waals surface area contributed by atoms with E-state index in [1.807, 2.05) is 0 Å². The van der Waals surface area contributed by atoms with Crippen molar-refractivity contribution in [1.29, 1.82) is 0 Å². The Labute approximate surface area is 178 Å². The second kappa shape index (κ2) is 9.28. The Balaban J connectivity index is 2.16. The minimum atomic E-state index is -1.07. The van der Waals surface area contributed by atoms with E-state index in [4.69, 9.17) is 21.1 Å². The number of benzene rings is 2. The van der Waals surface area contributed by atoms with Gasteiger partial charge in [0.25, 0.3) is 11.7 Å². The van der Waals surface area contributed by atoms with Crippen molar-refractivity contribution in [3.63, 3.8) is 0 Å². The second-order valence-corrected chi connectivity index (χ2v) is 7.12. The predicted octanol–water partition coefficient (Wildman–Crippen LogP) is 3.95. The van der Waals surface area contributed by atoms with Crippen LogP contribution in [0.1, 0.15) is 23.6 Å². The number of Topliss-reactive ketones (excluding diaryl/α,β-unsaturated/α-hetero) is 1. The molecule has 1 N–H and O–H groups in total. The number of methoxy groups -OCH3 is 2. The van der Waals surface area contributed by atoms with Crippen LogP contribution in [-0.2, 0) is 14.3 Å². The molecule has 0 aromatic heterocycles.